The predicted octanol–water partition coefficient (Wildman–Crippen LogP) is 1.89. The van der Waals surface area contributed by atoms with Crippen LogP contribution in [-0.2, 0) is 0 Å². The van der Waals surface area contributed by atoms with E-state index >= 15 is 0 Å². The lowest BCUT2D eigenvalue weighted by molar-refractivity contribution is 0.0925. The minimum absolute atomic E-state index is 0.415. The number of hydrogen-bond donors (Lipinski definition) is 0. The quantitative estimate of drug-likeness (QED) is 0.746. The molecule has 0 saturated heterocycles. The van der Waals surface area contributed by atoms with Gasteiger partial charge >= 0.3 is 5.69 Å². The molecule has 2 aromatic rings. The van der Waals surface area contributed by atoms with E-state index in [9.17, 15) is 14.4 Å². The van der Waals surface area contributed by atoms with Crippen molar-refractivity contribution in [2.24, 2.45) is 0 Å². The van der Waals surface area contributed by atoms with Crippen LogP contribution in [0.3, 0.4) is 0 Å². The van der Waals surface area contributed by atoms with Crippen molar-refractivity contribution in [1.82, 2.24) is 9.13 Å². The van der Waals surface area contributed by atoms with E-state index in [1.165, 1.54) is 13.8 Å². The van der Waals surface area contributed by atoms with E-state index in [0.717, 1.165) is 13.6 Å². The molecule has 0 aliphatic heterocycles. The second kappa shape index (κ2) is 3.96. The van der Waals surface area contributed by atoms with Crippen LogP contribution in [0.15, 0.2) is 27.5 Å². The average Bonchev–Trinajstić information content (AvgIpc) is 2.48. The Morgan fingerprint density at radius 1 is 1.06 bits per heavy atom. The van der Waals surface area contributed by atoms with Gasteiger partial charge in [0.1, 0.15) is 0 Å². The second-order valence-electron chi connectivity index (χ2n) is 3.62. The highest BCUT2D eigenvalue weighted by atomic mass is 79.9. The Hall–Kier alpha value is -1.69. The molecule has 1 aromatic carbocycles. The lowest BCUT2D eigenvalue weighted by atomic mass is 10.3. The molecule has 0 unspecified atom stereocenters. The molecule has 88 valence electrons. The van der Waals surface area contributed by atoms with Crippen LogP contribution in [-0.4, -0.2) is 20.9 Å². The first kappa shape index (κ1) is 11.8. The molecule has 0 fully saturated rings. The first-order valence-electron chi connectivity index (χ1n) is 4.88. The van der Waals surface area contributed by atoms with E-state index in [0.29, 0.717) is 11.0 Å². The molecule has 2 rings (SSSR count). The first-order chi connectivity index (χ1) is 7.93. The summed E-state index contributed by atoms with van der Waals surface area (Å²) in [6.07, 6.45) is 0. The van der Waals surface area contributed by atoms with E-state index in [4.69, 9.17) is 0 Å². The van der Waals surface area contributed by atoms with Gasteiger partial charge in [0.15, 0.2) is 0 Å². The largest absolute Gasteiger partial charge is 0.342 e. The van der Waals surface area contributed by atoms with Crippen molar-refractivity contribution in [3.05, 3.63) is 33.2 Å². The molecular formula is C11H9BrN2O3. The van der Waals surface area contributed by atoms with Gasteiger partial charge in [-0.3, -0.25) is 9.59 Å². The third kappa shape index (κ3) is 1.74. The molecule has 1 aromatic heterocycles. The molecule has 0 amide bonds. The average molecular weight is 297 g/mol. The third-order valence-corrected chi connectivity index (χ3v) is 2.92. The van der Waals surface area contributed by atoms with E-state index in [2.05, 4.69) is 15.9 Å². The molecule has 17 heavy (non-hydrogen) atoms. The van der Waals surface area contributed by atoms with E-state index in [1.807, 2.05) is 0 Å². The summed E-state index contributed by atoms with van der Waals surface area (Å²) in [6.45, 7) is 2.57. The Labute approximate surface area is 105 Å². The lowest BCUT2D eigenvalue weighted by Gasteiger charge is -1.97. The molecule has 0 radical (unpaired) electrons. The number of imidazole rings is 1. The van der Waals surface area contributed by atoms with Crippen molar-refractivity contribution in [2.75, 3.05) is 0 Å². The van der Waals surface area contributed by atoms with Crippen LogP contribution in [0, 0.1) is 0 Å². The van der Waals surface area contributed by atoms with Crippen LogP contribution in [0.2, 0.25) is 0 Å². The van der Waals surface area contributed by atoms with Crippen molar-refractivity contribution in [1.29, 1.82) is 0 Å². The van der Waals surface area contributed by atoms with Gasteiger partial charge < -0.3 is 0 Å². The second-order valence-corrected chi connectivity index (χ2v) is 4.54. The van der Waals surface area contributed by atoms with Crippen molar-refractivity contribution < 1.29 is 9.59 Å². The first-order valence-corrected chi connectivity index (χ1v) is 5.67. The van der Waals surface area contributed by atoms with Gasteiger partial charge in [-0.2, -0.15) is 0 Å². The van der Waals surface area contributed by atoms with Crippen LogP contribution in [0.1, 0.15) is 23.4 Å². The Morgan fingerprint density at radius 3 is 2.12 bits per heavy atom. The zero-order valence-electron chi connectivity index (χ0n) is 9.23. The van der Waals surface area contributed by atoms with E-state index in [1.54, 1.807) is 18.2 Å². The summed E-state index contributed by atoms with van der Waals surface area (Å²) in [7, 11) is 0. The maximum Gasteiger partial charge on any atom is 0.342 e. The van der Waals surface area contributed by atoms with E-state index in [-0.39, 0.29) is 0 Å². The fourth-order valence-electron chi connectivity index (χ4n) is 1.78. The molecule has 0 N–H and O–H groups in total. The van der Waals surface area contributed by atoms with Gasteiger partial charge in [-0.05, 0) is 18.2 Å². The molecule has 1 heterocycles. The van der Waals surface area contributed by atoms with Gasteiger partial charge in [0.05, 0.1) is 11.0 Å². The summed E-state index contributed by atoms with van der Waals surface area (Å²) in [5, 5.41) is 0. The topological polar surface area (TPSA) is 61.1 Å². The summed E-state index contributed by atoms with van der Waals surface area (Å²) in [5.41, 5.74) is 0.228. The van der Waals surface area contributed by atoms with Crippen molar-refractivity contribution >= 4 is 38.8 Å². The Kier molecular flexibility index (Phi) is 2.74. The Morgan fingerprint density at radius 2 is 1.59 bits per heavy atom. The molecule has 0 atom stereocenters. The van der Waals surface area contributed by atoms with Gasteiger partial charge in [-0.1, -0.05) is 15.9 Å². The maximum atomic E-state index is 12.0. The molecule has 0 aliphatic carbocycles. The van der Waals surface area contributed by atoms with Gasteiger partial charge in [0, 0.05) is 18.3 Å². The zero-order chi connectivity index (χ0) is 12.7. The van der Waals surface area contributed by atoms with E-state index < -0.39 is 17.5 Å². The van der Waals surface area contributed by atoms with Gasteiger partial charge in [0.2, 0.25) is 11.8 Å². The van der Waals surface area contributed by atoms with Crippen molar-refractivity contribution in [3.63, 3.8) is 0 Å². The number of rotatable bonds is 0. The summed E-state index contributed by atoms with van der Waals surface area (Å²) in [5.74, 6) is -0.833. The number of fused-ring (bicyclic) bond motifs is 1. The molecule has 5 nitrogen and oxygen atoms in total. The highest BCUT2D eigenvalue weighted by Crippen LogP contribution is 2.19. The summed E-state index contributed by atoms with van der Waals surface area (Å²) in [6, 6.07) is 4.98. The fourth-order valence-corrected chi connectivity index (χ4v) is 2.13. The molecule has 0 saturated carbocycles. The summed E-state index contributed by atoms with van der Waals surface area (Å²) < 4.78 is 2.71. The van der Waals surface area contributed by atoms with Crippen LogP contribution in [0.4, 0.5) is 0 Å². The SMILES string of the molecule is CC(=O)n1c(=O)n(C(C)=O)c2cc(Br)ccc21. The predicted molar refractivity (Wildman–Crippen MR) is 66.5 cm³/mol. The molecule has 0 aliphatic rings. The molecule has 0 bridgehead atoms. The number of halogens is 1. The maximum absolute atomic E-state index is 12.0. The van der Waals surface area contributed by atoms with Crippen molar-refractivity contribution in [2.45, 2.75) is 13.8 Å². The number of hydrogen-bond acceptors (Lipinski definition) is 3. The molecule has 0 spiro atoms. The third-order valence-electron chi connectivity index (χ3n) is 2.43. The smallest absolute Gasteiger partial charge is 0.274 e. The molecular weight excluding hydrogens is 288 g/mol. The summed E-state index contributed by atoms with van der Waals surface area (Å²) in [4.78, 5) is 34.8. The zero-order valence-corrected chi connectivity index (χ0v) is 10.8. The summed E-state index contributed by atoms with van der Waals surface area (Å²) >= 11 is 3.27. The van der Waals surface area contributed by atoms with Crippen molar-refractivity contribution in [3.8, 4) is 0 Å². The van der Waals surface area contributed by atoms with Gasteiger partial charge in [-0.25, -0.2) is 13.9 Å². The Balaban J connectivity index is 3.04. The van der Waals surface area contributed by atoms with Gasteiger partial charge in [0.25, 0.3) is 0 Å². The normalized spacial score (nSPS) is 10.8. The highest BCUT2D eigenvalue weighted by Gasteiger charge is 2.18. The number of aromatic nitrogens is 2. The fraction of sp³-hybridized carbons (Fsp3) is 0.182. The number of benzene rings is 1. The van der Waals surface area contributed by atoms with Crippen LogP contribution in [0.25, 0.3) is 11.0 Å². The van der Waals surface area contributed by atoms with Crippen LogP contribution >= 0.6 is 15.9 Å². The van der Waals surface area contributed by atoms with Crippen LogP contribution < -0.4 is 5.69 Å². The minimum Gasteiger partial charge on any atom is -0.274 e. The highest BCUT2D eigenvalue weighted by molar-refractivity contribution is 9.10. The lowest BCUT2D eigenvalue weighted by Crippen LogP contribution is -2.30. The minimum atomic E-state index is -0.627. The Bertz CT molecular complexity index is 697. The standard InChI is InChI=1S/C11H9BrN2O3/c1-6(15)13-9-4-3-8(12)5-10(9)14(7(2)16)11(13)17/h3-5H,1-2H3. The number of nitrogens with zero attached hydrogens (tertiary/aromatic N) is 2. The monoisotopic (exact) mass is 296 g/mol. The number of carbonyl (C=O) groups is 2. The van der Waals surface area contributed by atoms with Crippen LogP contribution in [0.5, 0.6) is 0 Å². The number of carbonyl (C=O) groups excluding carboxylic acids is 2. The molecule has 6 heteroatoms. The van der Waals surface area contributed by atoms with Gasteiger partial charge in [-0.15, -0.1) is 0 Å².